The highest BCUT2D eigenvalue weighted by Gasteiger charge is 2.43. The van der Waals surface area contributed by atoms with Gasteiger partial charge in [-0.25, -0.2) is 9.80 Å². The minimum Gasteiger partial charge on any atom is -0.355 e. The first-order valence-corrected chi connectivity index (χ1v) is 13.2. The summed E-state index contributed by atoms with van der Waals surface area (Å²) in [5.74, 6) is -2.02. The van der Waals surface area contributed by atoms with Gasteiger partial charge in [-0.15, -0.1) is 0 Å². The van der Waals surface area contributed by atoms with Crippen molar-refractivity contribution in [1.82, 2.24) is 21.3 Å². The maximum absolute atomic E-state index is 13.1. The molecule has 4 saturated heterocycles. The molecule has 4 aliphatic heterocycles. The van der Waals surface area contributed by atoms with Crippen LogP contribution >= 0.6 is 0 Å². The fourth-order valence-electron chi connectivity index (χ4n) is 5.50. The summed E-state index contributed by atoms with van der Waals surface area (Å²) in [6.07, 6.45) is 4.49. The third-order valence-corrected chi connectivity index (χ3v) is 7.53. The van der Waals surface area contributed by atoms with E-state index in [9.17, 15) is 28.8 Å². The van der Waals surface area contributed by atoms with Gasteiger partial charge in [0, 0.05) is 13.1 Å². The third-order valence-electron chi connectivity index (χ3n) is 7.53. The molecule has 0 radical (unpaired) electrons. The molecule has 5 rings (SSSR count). The quantitative estimate of drug-likeness (QED) is 0.362. The van der Waals surface area contributed by atoms with Gasteiger partial charge < -0.3 is 10.6 Å². The summed E-state index contributed by atoms with van der Waals surface area (Å²) in [6.45, 7) is 1.20. The van der Waals surface area contributed by atoms with E-state index in [1.54, 1.807) is 0 Å². The first-order chi connectivity index (χ1) is 18.3. The van der Waals surface area contributed by atoms with Crippen molar-refractivity contribution >= 4 is 46.8 Å². The van der Waals surface area contributed by atoms with Crippen LogP contribution in [0.4, 0.5) is 11.4 Å². The van der Waals surface area contributed by atoms with Crippen molar-refractivity contribution in [2.45, 2.75) is 75.5 Å². The van der Waals surface area contributed by atoms with Crippen molar-refractivity contribution in [1.29, 1.82) is 0 Å². The van der Waals surface area contributed by atoms with E-state index in [0.717, 1.165) is 35.5 Å². The Bertz CT molecular complexity index is 1060. The van der Waals surface area contributed by atoms with Crippen LogP contribution in [0.5, 0.6) is 0 Å². The Labute approximate surface area is 219 Å². The van der Waals surface area contributed by atoms with Crippen LogP contribution in [-0.2, 0) is 28.8 Å². The molecule has 12 nitrogen and oxygen atoms in total. The number of benzene rings is 1. The average molecular weight is 525 g/mol. The molecule has 6 amide bonds. The second kappa shape index (κ2) is 11.0. The molecule has 4 N–H and O–H groups in total. The lowest BCUT2D eigenvalue weighted by molar-refractivity contribution is -0.125. The SMILES string of the molecule is O=C1NCCCC[C@@H]1N[C@@H]1CC(=O)N(c2ccc(N3C(=O)C[C@H](N[C@@H]4CCCCNC4=O)C3=O)cc2)C1=O. The molecule has 12 heteroatoms. The molecule has 0 aromatic heterocycles. The molecular formula is C26H32N6O6. The number of hydrogen-bond acceptors (Lipinski definition) is 8. The zero-order valence-corrected chi connectivity index (χ0v) is 21.0. The largest absolute Gasteiger partial charge is 0.355 e. The van der Waals surface area contributed by atoms with Crippen LogP contribution in [0.15, 0.2) is 24.3 Å². The lowest BCUT2D eigenvalue weighted by atomic mass is 10.1. The Morgan fingerprint density at radius 3 is 1.37 bits per heavy atom. The highest BCUT2D eigenvalue weighted by atomic mass is 16.2. The number of nitrogens with one attached hydrogen (secondary N) is 4. The Morgan fingerprint density at radius 2 is 0.974 bits per heavy atom. The van der Waals surface area contributed by atoms with Crippen LogP contribution in [-0.4, -0.2) is 72.7 Å². The summed E-state index contributed by atoms with van der Waals surface area (Å²) in [6, 6.07) is 3.42. The number of rotatable bonds is 6. The maximum Gasteiger partial charge on any atom is 0.251 e. The monoisotopic (exact) mass is 524 g/mol. The number of hydrogen-bond donors (Lipinski definition) is 4. The van der Waals surface area contributed by atoms with Crippen molar-refractivity contribution < 1.29 is 28.8 Å². The molecule has 0 spiro atoms. The highest BCUT2D eigenvalue weighted by molar-refractivity contribution is 6.24. The number of nitrogens with zero attached hydrogens (tertiary/aromatic N) is 2. The Morgan fingerprint density at radius 1 is 0.579 bits per heavy atom. The first-order valence-electron chi connectivity index (χ1n) is 13.2. The maximum atomic E-state index is 13.1. The lowest BCUT2D eigenvalue weighted by Crippen LogP contribution is -2.50. The predicted octanol–water partition coefficient (Wildman–Crippen LogP) is -0.533. The van der Waals surface area contributed by atoms with Gasteiger partial charge in [0.1, 0.15) is 0 Å². The molecule has 1 aromatic carbocycles. The molecule has 0 saturated carbocycles. The van der Waals surface area contributed by atoms with Gasteiger partial charge in [0.2, 0.25) is 23.6 Å². The van der Waals surface area contributed by atoms with Crippen molar-refractivity contribution in [2.75, 3.05) is 22.9 Å². The van der Waals surface area contributed by atoms with Gasteiger partial charge in [0.15, 0.2) is 0 Å². The predicted molar refractivity (Wildman–Crippen MR) is 136 cm³/mol. The van der Waals surface area contributed by atoms with E-state index in [1.165, 1.54) is 24.3 Å². The van der Waals surface area contributed by atoms with E-state index in [2.05, 4.69) is 21.3 Å². The van der Waals surface area contributed by atoms with Crippen LogP contribution in [0.3, 0.4) is 0 Å². The lowest BCUT2D eigenvalue weighted by Gasteiger charge is -2.21. The van der Waals surface area contributed by atoms with Crippen LogP contribution < -0.4 is 31.1 Å². The fraction of sp³-hybridized carbons (Fsp3) is 0.538. The normalized spacial score (nSPS) is 28.8. The molecule has 1 aromatic rings. The van der Waals surface area contributed by atoms with E-state index >= 15 is 0 Å². The Balaban J connectivity index is 1.25. The van der Waals surface area contributed by atoms with E-state index in [0.29, 0.717) is 37.3 Å². The summed E-state index contributed by atoms with van der Waals surface area (Å²) in [4.78, 5) is 78.2. The number of imide groups is 2. The molecule has 202 valence electrons. The molecule has 0 unspecified atom stereocenters. The van der Waals surface area contributed by atoms with Gasteiger partial charge >= 0.3 is 0 Å². The zero-order valence-electron chi connectivity index (χ0n) is 21.0. The van der Waals surface area contributed by atoms with Crippen molar-refractivity contribution in [3.05, 3.63) is 24.3 Å². The van der Waals surface area contributed by atoms with Gasteiger partial charge in [-0.05, 0) is 62.8 Å². The van der Waals surface area contributed by atoms with E-state index in [1.807, 2.05) is 0 Å². The molecule has 38 heavy (non-hydrogen) atoms. The van der Waals surface area contributed by atoms with Gasteiger partial charge in [-0.2, -0.15) is 0 Å². The second-order valence-corrected chi connectivity index (χ2v) is 10.2. The van der Waals surface area contributed by atoms with Crippen LogP contribution in [0.1, 0.15) is 51.4 Å². The first kappa shape index (κ1) is 26.0. The number of anilines is 2. The van der Waals surface area contributed by atoms with Gasteiger partial charge in [-0.3, -0.25) is 39.4 Å². The van der Waals surface area contributed by atoms with Crippen LogP contribution in [0, 0.1) is 0 Å². The molecule has 4 fully saturated rings. The number of carbonyl (C=O) groups is 6. The summed E-state index contributed by atoms with van der Waals surface area (Å²) in [5, 5.41) is 11.7. The number of carbonyl (C=O) groups excluding carboxylic acids is 6. The van der Waals surface area contributed by atoms with Crippen molar-refractivity contribution in [3.8, 4) is 0 Å². The van der Waals surface area contributed by atoms with Gasteiger partial charge in [0.25, 0.3) is 11.8 Å². The zero-order chi connectivity index (χ0) is 26.8. The van der Waals surface area contributed by atoms with Crippen LogP contribution in [0.25, 0.3) is 0 Å². The summed E-state index contributed by atoms with van der Waals surface area (Å²) in [7, 11) is 0. The Kier molecular flexibility index (Phi) is 7.52. The third kappa shape index (κ3) is 5.18. The topological polar surface area (TPSA) is 157 Å². The minimum atomic E-state index is -0.800. The van der Waals surface area contributed by atoms with Crippen molar-refractivity contribution in [2.24, 2.45) is 0 Å². The van der Waals surface area contributed by atoms with Gasteiger partial charge in [0.05, 0.1) is 48.4 Å². The highest BCUT2D eigenvalue weighted by Crippen LogP contribution is 2.29. The van der Waals surface area contributed by atoms with E-state index in [-0.39, 0.29) is 24.7 Å². The molecule has 0 aliphatic carbocycles. The Hall–Kier alpha value is -3.64. The summed E-state index contributed by atoms with van der Waals surface area (Å²) < 4.78 is 0. The molecule has 4 heterocycles. The minimum absolute atomic E-state index is 0.0600. The van der Waals surface area contributed by atoms with Gasteiger partial charge in [-0.1, -0.05) is 0 Å². The van der Waals surface area contributed by atoms with Crippen molar-refractivity contribution in [3.63, 3.8) is 0 Å². The van der Waals surface area contributed by atoms with E-state index < -0.39 is 47.8 Å². The molecule has 4 atom stereocenters. The molecule has 4 aliphatic rings. The second-order valence-electron chi connectivity index (χ2n) is 10.2. The molecule has 0 bridgehead atoms. The smallest absolute Gasteiger partial charge is 0.251 e. The molecular weight excluding hydrogens is 492 g/mol. The standard InChI is InChI=1S/C26H32N6O6/c33-21-13-19(29-17-5-1-3-11-27-23(17)35)25(37)31(21)15-7-9-16(10-8-15)32-22(34)14-20(26(32)38)30-18-6-2-4-12-28-24(18)36/h7-10,17-20,29-30H,1-6,11-14H2,(H,27,35)(H,28,36)/t17-,18+,19+,20-. The van der Waals surface area contributed by atoms with Crippen LogP contribution in [0.2, 0.25) is 0 Å². The summed E-state index contributed by atoms with van der Waals surface area (Å²) in [5.41, 5.74) is 0.643. The summed E-state index contributed by atoms with van der Waals surface area (Å²) >= 11 is 0. The fourth-order valence-corrected chi connectivity index (χ4v) is 5.50. The average Bonchev–Trinajstić information content (AvgIpc) is 3.12. The number of amides is 6. The van der Waals surface area contributed by atoms with E-state index in [4.69, 9.17) is 0 Å².